The van der Waals surface area contributed by atoms with Crippen LogP contribution in [0.15, 0.2) is 66.7 Å². The van der Waals surface area contributed by atoms with Gasteiger partial charge in [0.25, 0.3) is 11.8 Å². The lowest BCUT2D eigenvalue weighted by molar-refractivity contribution is -0.137. The van der Waals surface area contributed by atoms with Crippen molar-refractivity contribution < 1.29 is 32.2 Å². The SMILES string of the molecule is Cc1ccccc1C(=O)N(CCCNC(=O)c1ccc2c(c1)OCO2)c1cccc(C(F)(F)F)c1. The molecule has 0 aliphatic carbocycles. The number of hydrogen-bond donors (Lipinski definition) is 1. The Labute approximate surface area is 200 Å². The van der Waals surface area contributed by atoms with Crippen molar-refractivity contribution in [1.29, 1.82) is 0 Å². The Hall–Kier alpha value is -4.01. The first-order valence-electron chi connectivity index (χ1n) is 11.0. The highest BCUT2D eigenvalue weighted by Crippen LogP contribution is 2.33. The van der Waals surface area contributed by atoms with Gasteiger partial charge < -0.3 is 19.7 Å². The fraction of sp³-hybridized carbons (Fsp3) is 0.231. The van der Waals surface area contributed by atoms with Crippen molar-refractivity contribution in [3.8, 4) is 11.5 Å². The number of anilines is 1. The normalized spacial score (nSPS) is 12.3. The number of fused-ring (bicyclic) bond motifs is 1. The van der Waals surface area contributed by atoms with Crippen LogP contribution in [0.4, 0.5) is 18.9 Å². The largest absolute Gasteiger partial charge is 0.454 e. The molecule has 2 amide bonds. The zero-order valence-corrected chi connectivity index (χ0v) is 18.9. The number of carbonyl (C=O) groups is 2. The lowest BCUT2D eigenvalue weighted by atomic mass is 10.1. The molecular weight excluding hydrogens is 461 g/mol. The van der Waals surface area contributed by atoms with Gasteiger partial charge in [-0.2, -0.15) is 13.2 Å². The van der Waals surface area contributed by atoms with Crippen LogP contribution >= 0.6 is 0 Å². The first kappa shape index (κ1) is 24.1. The molecule has 0 spiro atoms. The van der Waals surface area contributed by atoms with E-state index in [4.69, 9.17) is 9.47 Å². The van der Waals surface area contributed by atoms with E-state index >= 15 is 0 Å². The second kappa shape index (κ2) is 10.1. The maximum Gasteiger partial charge on any atom is 0.416 e. The average Bonchev–Trinajstić information content (AvgIpc) is 3.31. The van der Waals surface area contributed by atoms with Gasteiger partial charge in [0.1, 0.15) is 0 Å². The summed E-state index contributed by atoms with van der Waals surface area (Å²) in [6, 6.07) is 16.4. The van der Waals surface area contributed by atoms with E-state index in [9.17, 15) is 22.8 Å². The van der Waals surface area contributed by atoms with E-state index in [1.54, 1.807) is 49.4 Å². The lowest BCUT2D eigenvalue weighted by Gasteiger charge is -2.25. The van der Waals surface area contributed by atoms with Crippen molar-refractivity contribution >= 4 is 17.5 Å². The minimum atomic E-state index is -4.54. The number of benzene rings is 3. The van der Waals surface area contributed by atoms with Gasteiger partial charge in [0, 0.05) is 29.9 Å². The number of nitrogens with one attached hydrogen (secondary N) is 1. The van der Waals surface area contributed by atoms with Crippen molar-refractivity contribution in [2.75, 3.05) is 24.8 Å². The maximum atomic E-state index is 13.3. The number of amides is 2. The van der Waals surface area contributed by atoms with Gasteiger partial charge >= 0.3 is 6.18 Å². The Kier molecular flexibility index (Phi) is 6.95. The topological polar surface area (TPSA) is 67.9 Å². The molecule has 0 fully saturated rings. The van der Waals surface area contributed by atoms with Crippen molar-refractivity contribution in [3.63, 3.8) is 0 Å². The molecule has 1 aliphatic rings. The first-order valence-corrected chi connectivity index (χ1v) is 11.0. The van der Waals surface area contributed by atoms with E-state index in [1.165, 1.54) is 17.0 Å². The van der Waals surface area contributed by atoms with Crippen molar-refractivity contribution in [2.45, 2.75) is 19.5 Å². The van der Waals surface area contributed by atoms with Crippen LogP contribution in [-0.2, 0) is 6.18 Å². The molecule has 4 rings (SSSR count). The van der Waals surface area contributed by atoms with Crippen LogP contribution in [0.3, 0.4) is 0 Å². The molecule has 9 heteroatoms. The molecular formula is C26H23F3N2O4. The highest BCUT2D eigenvalue weighted by atomic mass is 19.4. The van der Waals surface area contributed by atoms with Crippen LogP contribution in [0.25, 0.3) is 0 Å². The quantitative estimate of drug-likeness (QED) is 0.468. The van der Waals surface area contributed by atoms with Gasteiger partial charge in [0.2, 0.25) is 6.79 Å². The molecule has 0 unspecified atom stereocenters. The number of ether oxygens (including phenoxy) is 2. The molecule has 182 valence electrons. The summed E-state index contributed by atoms with van der Waals surface area (Å²) in [6.07, 6.45) is -4.21. The standard InChI is InChI=1S/C26H23F3N2O4/c1-17-6-2-3-9-21(17)25(33)31(20-8-4-7-19(15-20)26(27,28)29)13-5-12-30-24(32)18-10-11-22-23(14-18)35-16-34-22/h2-4,6-11,14-15H,5,12-13,16H2,1H3,(H,30,32). The molecule has 0 saturated carbocycles. The lowest BCUT2D eigenvalue weighted by Crippen LogP contribution is -2.35. The number of rotatable bonds is 7. The summed E-state index contributed by atoms with van der Waals surface area (Å²) in [4.78, 5) is 27.1. The fourth-order valence-electron chi connectivity index (χ4n) is 3.74. The number of halogens is 3. The fourth-order valence-corrected chi connectivity index (χ4v) is 3.74. The third kappa shape index (κ3) is 5.56. The van der Waals surface area contributed by atoms with Crippen LogP contribution in [0.2, 0.25) is 0 Å². The monoisotopic (exact) mass is 484 g/mol. The number of nitrogens with zero attached hydrogens (tertiary/aromatic N) is 1. The molecule has 3 aromatic rings. The van der Waals surface area contributed by atoms with E-state index in [1.807, 2.05) is 0 Å². The smallest absolute Gasteiger partial charge is 0.416 e. The van der Waals surface area contributed by atoms with Gasteiger partial charge in [0.05, 0.1) is 5.56 Å². The Morgan fingerprint density at radius 2 is 1.74 bits per heavy atom. The Morgan fingerprint density at radius 3 is 2.51 bits per heavy atom. The summed E-state index contributed by atoms with van der Waals surface area (Å²) in [5.41, 5.74) is 0.795. The van der Waals surface area contributed by atoms with Crippen molar-refractivity contribution in [1.82, 2.24) is 5.32 Å². The molecule has 0 aromatic heterocycles. The van der Waals surface area contributed by atoms with Crippen LogP contribution in [0, 0.1) is 6.92 Å². The summed E-state index contributed by atoms with van der Waals surface area (Å²) >= 11 is 0. The first-order chi connectivity index (χ1) is 16.7. The molecule has 0 saturated heterocycles. The zero-order valence-electron chi connectivity index (χ0n) is 18.9. The molecule has 0 radical (unpaired) electrons. The average molecular weight is 484 g/mol. The van der Waals surface area contributed by atoms with Crippen LogP contribution in [0.5, 0.6) is 11.5 Å². The Balaban J connectivity index is 1.47. The zero-order chi connectivity index (χ0) is 25.0. The molecule has 1 heterocycles. The molecule has 1 N–H and O–H groups in total. The minimum absolute atomic E-state index is 0.0979. The molecule has 0 atom stereocenters. The Bertz CT molecular complexity index is 1240. The summed E-state index contributed by atoms with van der Waals surface area (Å²) in [5, 5.41) is 2.77. The van der Waals surface area contributed by atoms with Gasteiger partial charge in [0.15, 0.2) is 11.5 Å². The minimum Gasteiger partial charge on any atom is -0.454 e. The number of carbonyl (C=O) groups excluding carboxylic acids is 2. The highest BCUT2D eigenvalue weighted by molar-refractivity contribution is 6.07. The summed E-state index contributed by atoms with van der Waals surface area (Å²) in [6.45, 7) is 2.18. The van der Waals surface area contributed by atoms with E-state index in [0.29, 0.717) is 34.6 Å². The molecule has 6 nitrogen and oxygen atoms in total. The van der Waals surface area contributed by atoms with Gasteiger partial charge in [-0.15, -0.1) is 0 Å². The molecule has 3 aromatic carbocycles. The second-order valence-electron chi connectivity index (χ2n) is 8.00. The van der Waals surface area contributed by atoms with Crippen LogP contribution < -0.4 is 19.7 Å². The predicted molar refractivity (Wildman–Crippen MR) is 124 cm³/mol. The van der Waals surface area contributed by atoms with E-state index in [-0.39, 0.29) is 31.5 Å². The third-order valence-electron chi connectivity index (χ3n) is 5.58. The van der Waals surface area contributed by atoms with Gasteiger partial charge in [-0.3, -0.25) is 9.59 Å². The summed E-state index contributed by atoms with van der Waals surface area (Å²) in [7, 11) is 0. The van der Waals surface area contributed by atoms with Crippen molar-refractivity contribution in [3.05, 3.63) is 89.0 Å². The predicted octanol–water partition coefficient (Wildman–Crippen LogP) is 5.21. The highest BCUT2D eigenvalue weighted by Gasteiger charge is 2.31. The Morgan fingerprint density at radius 1 is 0.971 bits per heavy atom. The van der Waals surface area contributed by atoms with E-state index < -0.39 is 17.6 Å². The number of hydrogen-bond acceptors (Lipinski definition) is 4. The van der Waals surface area contributed by atoms with Gasteiger partial charge in [-0.1, -0.05) is 24.3 Å². The van der Waals surface area contributed by atoms with E-state index in [0.717, 1.165) is 12.1 Å². The molecule has 1 aliphatic heterocycles. The van der Waals surface area contributed by atoms with Gasteiger partial charge in [-0.25, -0.2) is 0 Å². The summed E-state index contributed by atoms with van der Waals surface area (Å²) in [5.74, 6) is 0.300. The number of alkyl halides is 3. The molecule has 35 heavy (non-hydrogen) atoms. The molecule has 0 bridgehead atoms. The number of aryl methyl sites for hydroxylation is 1. The summed E-state index contributed by atoms with van der Waals surface area (Å²) < 4.78 is 50.4. The van der Waals surface area contributed by atoms with Crippen molar-refractivity contribution in [2.24, 2.45) is 0 Å². The van der Waals surface area contributed by atoms with Gasteiger partial charge in [-0.05, 0) is 61.4 Å². The maximum absolute atomic E-state index is 13.3. The second-order valence-corrected chi connectivity index (χ2v) is 8.00. The van der Waals surface area contributed by atoms with Crippen LogP contribution in [-0.4, -0.2) is 31.7 Å². The van der Waals surface area contributed by atoms with Crippen LogP contribution in [0.1, 0.15) is 38.3 Å². The third-order valence-corrected chi connectivity index (χ3v) is 5.58. The van der Waals surface area contributed by atoms with E-state index in [2.05, 4.69) is 5.32 Å².